The summed E-state index contributed by atoms with van der Waals surface area (Å²) in [6, 6.07) is 5.87. The molecule has 0 aliphatic carbocycles. The van der Waals surface area contributed by atoms with Crippen molar-refractivity contribution < 1.29 is 4.74 Å². The minimum absolute atomic E-state index is 0. The lowest BCUT2D eigenvalue weighted by Crippen LogP contribution is -1.98. The van der Waals surface area contributed by atoms with Crippen LogP contribution < -0.4 is 10.5 Å². The van der Waals surface area contributed by atoms with E-state index >= 15 is 0 Å². The standard InChI is InChI=1S/C9H12BrNO.ClH/c1-2-12-9-4-7(6-11)3-8(10)5-9;/h3-5H,2,6,11H2,1H3;1H. The maximum absolute atomic E-state index is 5.51. The van der Waals surface area contributed by atoms with Gasteiger partial charge in [-0.1, -0.05) is 15.9 Å². The van der Waals surface area contributed by atoms with Gasteiger partial charge in [0.1, 0.15) is 5.75 Å². The topological polar surface area (TPSA) is 35.2 Å². The summed E-state index contributed by atoms with van der Waals surface area (Å²) in [7, 11) is 0. The highest BCUT2D eigenvalue weighted by Crippen LogP contribution is 2.21. The Morgan fingerprint density at radius 3 is 2.62 bits per heavy atom. The second kappa shape index (κ2) is 6.24. The van der Waals surface area contributed by atoms with Gasteiger partial charge in [0.2, 0.25) is 0 Å². The number of rotatable bonds is 3. The van der Waals surface area contributed by atoms with E-state index in [0.29, 0.717) is 13.2 Å². The van der Waals surface area contributed by atoms with Crippen molar-refractivity contribution in [3.63, 3.8) is 0 Å². The smallest absolute Gasteiger partial charge is 0.120 e. The molecule has 1 rings (SSSR count). The summed E-state index contributed by atoms with van der Waals surface area (Å²) in [4.78, 5) is 0. The van der Waals surface area contributed by atoms with Gasteiger partial charge in [-0.3, -0.25) is 0 Å². The number of halogens is 2. The Balaban J connectivity index is 0.00000144. The highest BCUT2D eigenvalue weighted by atomic mass is 79.9. The monoisotopic (exact) mass is 265 g/mol. The third-order valence-electron chi connectivity index (χ3n) is 1.48. The number of nitrogens with two attached hydrogens (primary N) is 1. The van der Waals surface area contributed by atoms with Crippen LogP contribution in [0.15, 0.2) is 22.7 Å². The van der Waals surface area contributed by atoms with Crippen LogP contribution in [-0.2, 0) is 6.54 Å². The highest BCUT2D eigenvalue weighted by Gasteiger charge is 1.97. The van der Waals surface area contributed by atoms with Crippen LogP contribution in [0.5, 0.6) is 5.75 Å². The SMILES string of the molecule is CCOc1cc(Br)cc(CN)c1.Cl. The highest BCUT2D eigenvalue weighted by molar-refractivity contribution is 9.10. The first-order chi connectivity index (χ1) is 5.76. The van der Waals surface area contributed by atoms with E-state index in [1.807, 2.05) is 25.1 Å². The summed E-state index contributed by atoms with van der Waals surface area (Å²) in [5.74, 6) is 0.868. The lowest BCUT2D eigenvalue weighted by Gasteiger charge is -2.05. The van der Waals surface area contributed by atoms with Gasteiger partial charge in [-0.05, 0) is 30.7 Å². The third kappa shape index (κ3) is 3.98. The van der Waals surface area contributed by atoms with E-state index in [2.05, 4.69) is 15.9 Å². The van der Waals surface area contributed by atoms with Crippen LogP contribution in [0.2, 0.25) is 0 Å². The molecule has 4 heteroatoms. The number of ether oxygens (including phenoxy) is 1. The lowest BCUT2D eigenvalue weighted by molar-refractivity contribution is 0.339. The summed E-state index contributed by atoms with van der Waals surface area (Å²) < 4.78 is 6.35. The number of hydrogen-bond donors (Lipinski definition) is 1. The minimum Gasteiger partial charge on any atom is -0.494 e. The van der Waals surface area contributed by atoms with E-state index in [1.54, 1.807) is 0 Å². The maximum Gasteiger partial charge on any atom is 0.120 e. The van der Waals surface area contributed by atoms with Crippen LogP contribution in [0.4, 0.5) is 0 Å². The molecule has 1 aromatic carbocycles. The van der Waals surface area contributed by atoms with Gasteiger partial charge in [-0.15, -0.1) is 12.4 Å². The van der Waals surface area contributed by atoms with Crippen molar-refractivity contribution in [3.05, 3.63) is 28.2 Å². The van der Waals surface area contributed by atoms with Gasteiger partial charge in [0.25, 0.3) is 0 Å². The van der Waals surface area contributed by atoms with Crippen LogP contribution in [0, 0.1) is 0 Å². The second-order valence-corrected chi connectivity index (χ2v) is 3.35. The van der Waals surface area contributed by atoms with Crippen molar-refractivity contribution in [3.8, 4) is 5.75 Å². The van der Waals surface area contributed by atoms with E-state index in [9.17, 15) is 0 Å². The minimum atomic E-state index is 0. The molecule has 0 saturated heterocycles. The van der Waals surface area contributed by atoms with Gasteiger partial charge in [-0.2, -0.15) is 0 Å². The molecule has 1 aromatic rings. The van der Waals surface area contributed by atoms with Crippen LogP contribution in [0.3, 0.4) is 0 Å². The third-order valence-corrected chi connectivity index (χ3v) is 1.94. The molecule has 0 aromatic heterocycles. The fraction of sp³-hybridized carbons (Fsp3) is 0.333. The molecule has 0 heterocycles. The first-order valence-electron chi connectivity index (χ1n) is 3.88. The molecule has 2 N–H and O–H groups in total. The molecule has 0 aliphatic rings. The summed E-state index contributed by atoms with van der Waals surface area (Å²) in [5, 5.41) is 0. The quantitative estimate of drug-likeness (QED) is 0.913. The Kier molecular flexibility index (Phi) is 6.12. The molecule has 0 amide bonds. The summed E-state index contributed by atoms with van der Waals surface area (Å²) in [6.07, 6.45) is 0. The zero-order valence-corrected chi connectivity index (χ0v) is 9.82. The van der Waals surface area contributed by atoms with E-state index in [0.717, 1.165) is 15.8 Å². The van der Waals surface area contributed by atoms with Crippen molar-refractivity contribution in [1.82, 2.24) is 0 Å². The van der Waals surface area contributed by atoms with Gasteiger partial charge < -0.3 is 10.5 Å². The van der Waals surface area contributed by atoms with Crippen LogP contribution in [0.1, 0.15) is 12.5 Å². The molecule has 0 bridgehead atoms. The Hall–Kier alpha value is -0.250. The number of hydrogen-bond acceptors (Lipinski definition) is 2. The zero-order valence-electron chi connectivity index (χ0n) is 7.42. The molecule has 13 heavy (non-hydrogen) atoms. The average Bonchev–Trinajstić information content (AvgIpc) is 2.04. The fourth-order valence-electron chi connectivity index (χ4n) is 0.989. The normalized spacial score (nSPS) is 9.15. The molecule has 0 fully saturated rings. The first kappa shape index (κ1) is 12.8. The lowest BCUT2D eigenvalue weighted by atomic mass is 10.2. The molecular formula is C9H13BrClNO. The van der Waals surface area contributed by atoms with E-state index in [-0.39, 0.29) is 12.4 Å². The average molecular weight is 267 g/mol. The largest absolute Gasteiger partial charge is 0.494 e. The molecule has 2 nitrogen and oxygen atoms in total. The van der Waals surface area contributed by atoms with Crippen molar-refractivity contribution in [1.29, 1.82) is 0 Å². The Morgan fingerprint density at radius 1 is 1.38 bits per heavy atom. The molecule has 0 radical (unpaired) electrons. The molecule has 0 saturated carbocycles. The molecule has 0 spiro atoms. The molecule has 0 unspecified atom stereocenters. The predicted molar refractivity (Wildman–Crippen MR) is 60.5 cm³/mol. The van der Waals surface area contributed by atoms with Crippen molar-refractivity contribution in [2.45, 2.75) is 13.5 Å². The van der Waals surface area contributed by atoms with Gasteiger partial charge in [0.05, 0.1) is 6.61 Å². The number of benzene rings is 1. The van der Waals surface area contributed by atoms with Crippen molar-refractivity contribution >= 4 is 28.3 Å². The van der Waals surface area contributed by atoms with Crippen LogP contribution in [0.25, 0.3) is 0 Å². The van der Waals surface area contributed by atoms with E-state index in [4.69, 9.17) is 10.5 Å². The summed E-state index contributed by atoms with van der Waals surface area (Å²) in [6.45, 7) is 3.18. The van der Waals surface area contributed by atoms with Crippen molar-refractivity contribution in [2.24, 2.45) is 5.73 Å². The molecular weight excluding hydrogens is 253 g/mol. The Labute approximate surface area is 93.0 Å². The summed E-state index contributed by atoms with van der Waals surface area (Å²) in [5.41, 5.74) is 6.58. The fourth-order valence-corrected chi connectivity index (χ4v) is 1.51. The first-order valence-corrected chi connectivity index (χ1v) is 4.68. The zero-order chi connectivity index (χ0) is 8.97. The summed E-state index contributed by atoms with van der Waals surface area (Å²) >= 11 is 3.39. The van der Waals surface area contributed by atoms with E-state index in [1.165, 1.54) is 0 Å². The Bertz CT molecular complexity index is 268. The molecule has 0 aliphatic heterocycles. The van der Waals surface area contributed by atoms with Gasteiger partial charge in [0.15, 0.2) is 0 Å². The molecule has 74 valence electrons. The van der Waals surface area contributed by atoms with Crippen LogP contribution >= 0.6 is 28.3 Å². The van der Waals surface area contributed by atoms with Crippen LogP contribution in [-0.4, -0.2) is 6.61 Å². The Morgan fingerprint density at radius 2 is 2.08 bits per heavy atom. The molecule has 0 atom stereocenters. The predicted octanol–water partition coefficient (Wildman–Crippen LogP) is 2.73. The van der Waals surface area contributed by atoms with E-state index < -0.39 is 0 Å². The van der Waals surface area contributed by atoms with Crippen molar-refractivity contribution in [2.75, 3.05) is 6.61 Å². The maximum atomic E-state index is 5.51. The second-order valence-electron chi connectivity index (χ2n) is 2.43. The van der Waals surface area contributed by atoms with Gasteiger partial charge in [0, 0.05) is 11.0 Å². The van der Waals surface area contributed by atoms with Gasteiger partial charge in [-0.25, -0.2) is 0 Å². The van der Waals surface area contributed by atoms with Gasteiger partial charge >= 0.3 is 0 Å².